The molecule has 3 aromatic heterocycles. The summed E-state index contributed by atoms with van der Waals surface area (Å²) in [7, 11) is -2.29. The van der Waals surface area contributed by atoms with Crippen LogP contribution in [0.5, 0.6) is 5.75 Å². The molecule has 1 aliphatic heterocycles. The highest BCUT2D eigenvalue weighted by molar-refractivity contribution is 7.91. The number of sulfone groups is 1. The van der Waals surface area contributed by atoms with E-state index in [1.54, 1.807) is 24.3 Å². The van der Waals surface area contributed by atoms with Gasteiger partial charge in [-0.3, -0.25) is 38.6 Å². The van der Waals surface area contributed by atoms with Crippen molar-refractivity contribution in [1.82, 2.24) is 29.4 Å². The van der Waals surface area contributed by atoms with Crippen LogP contribution < -0.4 is 20.9 Å². The van der Waals surface area contributed by atoms with Gasteiger partial charge in [0.15, 0.2) is 21.0 Å². The third kappa shape index (κ3) is 10.2. The average Bonchev–Trinajstić information content (AvgIpc) is 3.92. The maximum absolute atomic E-state index is 13.0. The lowest BCUT2D eigenvalue weighted by Crippen LogP contribution is -2.30. The topological polar surface area (TPSA) is 269 Å². The van der Waals surface area contributed by atoms with Gasteiger partial charge in [-0.25, -0.2) is 18.2 Å². The quantitative estimate of drug-likeness (QED) is 0.0973. The molecule has 312 valence electrons. The fourth-order valence-electron chi connectivity index (χ4n) is 6.36. The molecule has 3 atom stereocenters. The number of hydrogen-bond acceptors (Lipinski definition) is 15. The van der Waals surface area contributed by atoms with Gasteiger partial charge >= 0.3 is 12.1 Å². The van der Waals surface area contributed by atoms with E-state index in [9.17, 15) is 42.3 Å². The highest BCUT2D eigenvalue weighted by Crippen LogP contribution is 2.32. The SMILES string of the molecule is COc1ccc(S(=O)(=O)CCOC(=O)n2cc(CC(=O)NCCC(=O)Nc3nc4c(ncn4[C@H]4CC(OC(=O)CCC(C)=O)[C@@H](CO)O4)c(=O)[nH]3)c3ccccc32)cc1. The minimum Gasteiger partial charge on any atom is -0.497 e. The number of aromatic amines is 1. The Labute approximate surface area is 335 Å². The molecule has 0 saturated carbocycles. The molecule has 1 aliphatic rings. The number of anilines is 1. The van der Waals surface area contributed by atoms with Crippen LogP contribution in [-0.4, -0.2) is 112 Å². The summed E-state index contributed by atoms with van der Waals surface area (Å²) in [5.41, 5.74) is 0.237. The third-order valence-electron chi connectivity index (χ3n) is 9.34. The molecular formula is C38H41N7O13S. The number of hydrogen-bond donors (Lipinski definition) is 4. The molecule has 6 rings (SSSR count). The molecule has 0 bridgehead atoms. The molecule has 1 unspecified atom stereocenters. The number of benzene rings is 2. The number of ketones is 1. The van der Waals surface area contributed by atoms with Crippen LogP contribution in [0.4, 0.5) is 10.7 Å². The summed E-state index contributed by atoms with van der Waals surface area (Å²) < 4.78 is 49.7. The van der Waals surface area contributed by atoms with E-state index in [0.717, 1.165) is 0 Å². The Bertz CT molecular complexity index is 2550. The Morgan fingerprint density at radius 1 is 1.03 bits per heavy atom. The van der Waals surface area contributed by atoms with E-state index >= 15 is 0 Å². The summed E-state index contributed by atoms with van der Waals surface area (Å²) in [6.07, 6.45) is -1.07. The number of aliphatic hydroxyl groups excluding tert-OH is 1. The number of fused-ring (bicyclic) bond motifs is 2. The molecule has 0 radical (unpaired) electrons. The zero-order valence-corrected chi connectivity index (χ0v) is 32.7. The van der Waals surface area contributed by atoms with Crippen molar-refractivity contribution in [2.24, 2.45) is 0 Å². The summed E-state index contributed by atoms with van der Waals surface area (Å²) in [5.74, 6) is -2.02. The fourth-order valence-corrected chi connectivity index (χ4v) is 7.45. The van der Waals surface area contributed by atoms with E-state index < -0.39 is 76.7 Å². The maximum atomic E-state index is 13.0. The zero-order chi connectivity index (χ0) is 42.3. The predicted molar refractivity (Wildman–Crippen MR) is 207 cm³/mol. The van der Waals surface area contributed by atoms with Gasteiger partial charge in [0.2, 0.25) is 17.8 Å². The standard InChI is InChI=1S/C38H41N7O13S/c1-22(47)7-12-33(50)58-28-18-32(57-29(28)20-46)45-21-40-34-35(45)42-37(43-36(34)51)41-30(48)13-14-39-31(49)17-23-19-44(27-6-4-3-5-26(23)27)38(52)56-15-16-59(53,54)25-10-8-24(55-2)9-11-25/h3-6,8-11,19,21,28-29,32,46H,7,12-18,20H2,1-2H3,(H,39,49)(H2,41,42,43,48,51)/t28?,29-,32-/m1/s1. The largest absolute Gasteiger partial charge is 0.497 e. The zero-order valence-electron chi connectivity index (χ0n) is 31.9. The Morgan fingerprint density at radius 3 is 2.53 bits per heavy atom. The van der Waals surface area contributed by atoms with Crippen molar-refractivity contribution in [2.75, 3.05) is 37.9 Å². The van der Waals surface area contributed by atoms with E-state index in [4.69, 9.17) is 18.9 Å². The lowest BCUT2D eigenvalue weighted by atomic mass is 10.1. The van der Waals surface area contributed by atoms with Crippen molar-refractivity contribution in [3.05, 3.63) is 77.0 Å². The van der Waals surface area contributed by atoms with Gasteiger partial charge in [-0.1, -0.05) is 18.2 Å². The minimum absolute atomic E-state index is 0.0129. The molecule has 1 saturated heterocycles. The number of aromatic nitrogens is 5. The number of ether oxygens (including phenoxy) is 4. The van der Waals surface area contributed by atoms with Crippen molar-refractivity contribution in [3.8, 4) is 5.75 Å². The van der Waals surface area contributed by atoms with E-state index in [2.05, 4.69) is 25.6 Å². The van der Waals surface area contributed by atoms with E-state index in [1.165, 1.54) is 60.0 Å². The molecule has 0 spiro atoms. The van der Waals surface area contributed by atoms with Gasteiger partial charge in [0.25, 0.3) is 5.56 Å². The smallest absolute Gasteiger partial charge is 0.418 e. The summed E-state index contributed by atoms with van der Waals surface area (Å²) >= 11 is 0. The minimum atomic E-state index is -3.75. The van der Waals surface area contributed by atoms with Crippen molar-refractivity contribution >= 4 is 67.5 Å². The Balaban J connectivity index is 1.02. The highest BCUT2D eigenvalue weighted by Gasteiger charge is 2.39. The van der Waals surface area contributed by atoms with Crippen LogP contribution >= 0.6 is 0 Å². The van der Waals surface area contributed by atoms with Crippen LogP contribution in [0.3, 0.4) is 0 Å². The number of esters is 1. The number of amides is 2. The second-order valence-corrected chi connectivity index (χ2v) is 15.6. The molecule has 20 nitrogen and oxygen atoms in total. The van der Waals surface area contributed by atoms with Crippen LogP contribution in [0.15, 0.2) is 70.7 Å². The van der Waals surface area contributed by atoms with Gasteiger partial charge < -0.3 is 34.2 Å². The molecule has 21 heteroatoms. The number of rotatable bonds is 17. The Morgan fingerprint density at radius 2 is 1.80 bits per heavy atom. The van der Waals surface area contributed by atoms with Crippen molar-refractivity contribution in [2.45, 2.75) is 62.4 Å². The third-order valence-corrected chi connectivity index (χ3v) is 11.0. The van der Waals surface area contributed by atoms with Crippen LogP contribution in [0, 0.1) is 0 Å². The Hall–Kier alpha value is -6.45. The van der Waals surface area contributed by atoms with Crippen LogP contribution in [0.25, 0.3) is 22.1 Å². The number of carbonyl (C=O) groups is 5. The number of carbonyl (C=O) groups excluding carboxylic acids is 5. The Kier molecular flexibility index (Phi) is 13.2. The summed E-state index contributed by atoms with van der Waals surface area (Å²) in [6.45, 7) is 0.376. The number of nitrogens with zero attached hydrogens (tertiary/aromatic N) is 4. The number of H-pyrrole nitrogens is 1. The number of methoxy groups -OCH3 is 1. The van der Waals surface area contributed by atoms with Gasteiger partial charge in [0, 0.05) is 37.4 Å². The van der Waals surface area contributed by atoms with Gasteiger partial charge in [-0.05, 0) is 42.8 Å². The normalized spacial score (nSPS) is 16.5. The second-order valence-electron chi connectivity index (χ2n) is 13.5. The van der Waals surface area contributed by atoms with Crippen molar-refractivity contribution < 1.29 is 56.4 Å². The van der Waals surface area contributed by atoms with Crippen molar-refractivity contribution in [1.29, 1.82) is 0 Å². The average molecular weight is 836 g/mol. The monoisotopic (exact) mass is 835 g/mol. The summed E-state index contributed by atoms with van der Waals surface area (Å²) in [6, 6.07) is 12.6. The van der Waals surface area contributed by atoms with E-state index in [-0.39, 0.29) is 66.4 Å². The summed E-state index contributed by atoms with van der Waals surface area (Å²) in [4.78, 5) is 86.1. The van der Waals surface area contributed by atoms with Crippen molar-refractivity contribution in [3.63, 3.8) is 0 Å². The van der Waals surface area contributed by atoms with Crippen LogP contribution in [0.2, 0.25) is 0 Å². The van der Waals surface area contributed by atoms with Crippen LogP contribution in [0.1, 0.15) is 44.4 Å². The number of para-hydroxylation sites is 1. The highest BCUT2D eigenvalue weighted by atomic mass is 32.2. The molecule has 2 aromatic carbocycles. The fraction of sp³-hybridized carbons (Fsp3) is 0.368. The molecular weight excluding hydrogens is 795 g/mol. The van der Waals surface area contributed by atoms with E-state index in [0.29, 0.717) is 22.2 Å². The van der Waals surface area contributed by atoms with Gasteiger partial charge in [-0.2, -0.15) is 4.98 Å². The van der Waals surface area contributed by atoms with Gasteiger partial charge in [0.05, 0.1) is 49.1 Å². The van der Waals surface area contributed by atoms with Gasteiger partial charge in [0.1, 0.15) is 36.6 Å². The number of aliphatic hydroxyl groups is 1. The number of imidazole rings is 1. The lowest BCUT2D eigenvalue weighted by molar-refractivity contribution is -0.153. The van der Waals surface area contributed by atoms with Gasteiger partial charge in [-0.15, -0.1) is 0 Å². The predicted octanol–water partition coefficient (Wildman–Crippen LogP) is 1.79. The second kappa shape index (κ2) is 18.4. The molecule has 1 fully saturated rings. The molecule has 4 N–H and O–H groups in total. The first kappa shape index (κ1) is 42.2. The number of Topliss-reactive ketones (excluding diaryl/α,β-unsaturated/α-hetero) is 1. The first-order valence-corrected chi connectivity index (χ1v) is 20.0. The first-order valence-electron chi connectivity index (χ1n) is 18.4. The van der Waals surface area contributed by atoms with Crippen LogP contribution in [-0.2, 0) is 49.6 Å². The molecule has 4 heterocycles. The molecule has 2 amide bonds. The summed E-state index contributed by atoms with van der Waals surface area (Å²) in [5, 5.41) is 15.6. The number of nitrogens with one attached hydrogen (secondary N) is 3. The molecule has 59 heavy (non-hydrogen) atoms. The lowest BCUT2D eigenvalue weighted by Gasteiger charge is -2.16. The maximum Gasteiger partial charge on any atom is 0.418 e. The van der Waals surface area contributed by atoms with E-state index in [1.807, 2.05) is 0 Å². The molecule has 0 aliphatic carbocycles. The molecule has 5 aromatic rings. The first-order chi connectivity index (χ1) is 28.3.